The lowest BCUT2D eigenvalue weighted by Gasteiger charge is -2.08. The molecule has 1 heterocycles. The van der Waals surface area contributed by atoms with Gasteiger partial charge in [-0.1, -0.05) is 12.1 Å². The van der Waals surface area contributed by atoms with Crippen LogP contribution in [0.15, 0.2) is 42.6 Å². The van der Waals surface area contributed by atoms with Crippen molar-refractivity contribution in [2.45, 2.75) is 6.61 Å². The molecule has 4 heteroatoms. The molecule has 0 aliphatic rings. The van der Waals surface area contributed by atoms with Crippen LogP contribution in [0.2, 0.25) is 0 Å². The molecule has 0 bridgehead atoms. The Kier molecular flexibility index (Phi) is 4.19. The second kappa shape index (κ2) is 5.86. The fraction of sp³-hybridized carbons (Fsp3) is 0.154. The van der Waals surface area contributed by atoms with Crippen LogP contribution in [-0.2, 0) is 6.61 Å². The lowest BCUT2D eigenvalue weighted by molar-refractivity contribution is 0.299. The highest BCUT2D eigenvalue weighted by molar-refractivity contribution is 14.1. The Hall–Kier alpha value is -1.30. The molecule has 1 N–H and O–H groups in total. The summed E-state index contributed by atoms with van der Waals surface area (Å²) in [5, 5.41) is 3.08. The maximum Gasteiger partial charge on any atom is 0.133 e. The van der Waals surface area contributed by atoms with Crippen molar-refractivity contribution in [2.24, 2.45) is 0 Å². The van der Waals surface area contributed by atoms with Crippen LogP contribution in [-0.4, -0.2) is 12.0 Å². The van der Waals surface area contributed by atoms with Gasteiger partial charge < -0.3 is 10.1 Å². The third-order valence-corrected chi connectivity index (χ3v) is 3.21. The minimum Gasteiger partial charge on any atom is -0.486 e. The van der Waals surface area contributed by atoms with E-state index in [1.54, 1.807) is 6.20 Å². The largest absolute Gasteiger partial charge is 0.486 e. The summed E-state index contributed by atoms with van der Waals surface area (Å²) in [7, 11) is 1.89. The minimum absolute atomic E-state index is 0.482. The first-order valence-corrected chi connectivity index (χ1v) is 6.37. The van der Waals surface area contributed by atoms with Gasteiger partial charge in [-0.15, -0.1) is 0 Å². The predicted octanol–water partition coefficient (Wildman–Crippen LogP) is 3.31. The Labute approximate surface area is 114 Å². The molecule has 3 nitrogen and oxygen atoms in total. The zero-order valence-electron chi connectivity index (χ0n) is 9.48. The molecular weight excluding hydrogens is 327 g/mol. The Balaban J connectivity index is 2.05. The van der Waals surface area contributed by atoms with Crippen LogP contribution in [0.4, 0.5) is 5.69 Å². The van der Waals surface area contributed by atoms with E-state index in [1.165, 1.54) is 0 Å². The van der Waals surface area contributed by atoms with Gasteiger partial charge in [-0.3, -0.25) is 4.98 Å². The average Bonchev–Trinajstić information content (AvgIpc) is 2.38. The molecule has 0 aliphatic carbocycles. The summed E-state index contributed by atoms with van der Waals surface area (Å²) in [4.78, 5) is 4.26. The van der Waals surface area contributed by atoms with E-state index in [9.17, 15) is 0 Å². The minimum atomic E-state index is 0.482. The van der Waals surface area contributed by atoms with Crippen molar-refractivity contribution in [3.8, 4) is 5.75 Å². The molecule has 1 aromatic carbocycles. The summed E-state index contributed by atoms with van der Waals surface area (Å²) < 4.78 is 6.83. The lowest BCUT2D eigenvalue weighted by Crippen LogP contribution is -2.00. The van der Waals surface area contributed by atoms with E-state index >= 15 is 0 Å². The number of anilines is 1. The highest BCUT2D eigenvalue weighted by Crippen LogP contribution is 2.20. The molecule has 0 atom stereocenters. The summed E-state index contributed by atoms with van der Waals surface area (Å²) >= 11 is 2.26. The zero-order chi connectivity index (χ0) is 12.1. The van der Waals surface area contributed by atoms with Gasteiger partial charge >= 0.3 is 0 Å². The Morgan fingerprint density at radius 2 is 2.12 bits per heavy atom. The van der Waals surface area contributed by atoms with Crippen LogP contribution in [0.3, 0.4) is 0 Å². The summed E-state index contributed by atoms with van der Waals surface area (Å²) in [5.41, 5.74) is 1.96. The van der Waals surface area contributed by atoms with Crippen LogP contribution in [0, 0.1) is 3.57 Å². The predicted molar refractivity (Wildman–Crippen MR) is 77.3 cm³/mol. The first-order valence-electron chi connectivity index (χ1n) is 5.29. The van der Waals surface area contributed by atoms with Gasteiger partial charge in [0.25, 0.3) is 0 Å². The van der Waals surface area contributed by atoms with Crippen LogP contribution in [0.5, 0.6) is 5.75 Å². The van der Waals surface area contributed by atoms with Crippen molar-refractivity contribution >= 4 is 28.3 Å². The first kappa shape index (κ1) is 12.2. The number of halogens is 1. The Morgan fingerprint density at radius 1 is 1.29 bits per heavy atom. The number of hydrogen-bond acceptors (Lipinski definition) is 3. The van der Waals surface area contributed by atoms with Gasteiger partial charge in [-0.05, 0) is 46.9 Å². The summed E-state index contributed by atoms with van der Waals surface area (Å²) in [6.07, 6.45) is 1.78. The molecule has 0 saturated carbocycles. The maximum absolute atomic E-state index is 5.72. The van der Waals surface area contributed by atoms with Crippen LogP contribution < -0.4 is 10.1 Å². The van der Waals surface area contributed by atoms with E-state index in [0.717, 1.165) is 20.7 Å². The van der Waals surface area contributed by atoms with Crippen LogP contribution in [0.25, 0.3) is 0 Å². The fourth-order valence-corrected chi connectivity index (χ4v) is 1.97. The van der Waals surface area contributed by atoms with Crippen molar-refractivity contribution < 1.29 is 4.74 Å². The fourth-order valence-electron chi connectivity index (χ4n) is 1.43. The first-order chi connectivity index (χ1) is 8.29. The van der Waals surface area contributed by atoms with Crippen molar-refractivity contribution in [3.63, 3.8) is 0 Å². The quantitative estimate of drug-likeness (QED) is 0.868. The molecular formula is C13H13IN2O. The van der Waals surface area contributed by atoms with Crippen LogP contribution in [0.1, 0.15) is 5.69 Å². The summed E-state index contributed by atoms with van der Waals surface area (Å²) in [5.74, 6) is 0.893. The third-order valence-electron chi connectivity index (χ3n) is 2.32. The standard InChI is InChI=1S/C13H13IN2O/c1-15-10-6-7-16-11(8-10)9-17-13-5-3-2-4-12(13)14/h2-8H,9H2,1H3,(H,15,16). The smallest absolute Gasteiger partial charge is 0.133 e. The number of aromatic nitrogens is 1. The van der Waals surface area contributed by atoms with Crippen LogP contribution >= 0.6 is 22.6 Å². The van der Waals surface area contributed by atoms with Crippen molar-refractivity contribution in [1.29, 1.82) is 0 Å². The van der Waals surface area contributed by atoms with Gasteiger partial charge in [0, 0.05) is 18.9 Å². The van der Waals surface area contributed by atoms with Gasteiger partial charge in [0.05, 0.1) is 9.26 Å². The number of nitrogens with one attached hydrogen (secondary N) is 1. The van der Waals surface area contributed by atoms with Gasteiger partial charge in [0.15, 0.2) is 0 Å². The molecule has 0 saturated heterocycles. The number of pyridine rings is 1. The van der Waals surface area contributed by atoms with Crippen molar-refractivity contribution in [1.82, 2.24) is 4.98 Å². The van der Waals surface area contributed by atoms with Gasteiger partial charge in [0.1, 0.15) is 12.4 Å². The Morgan fingerprint density at radius 3 is 2.88 bits per heavy atom. The Bertz CT molecular complexity index is 502. The second-order valence-electron chi connectivity index (χ2n) is 3.50. The molecule has 0 amide bonds. The van der Waals surface area contributed by atoms with E-state index in [0.29, 0.717) is 6.61 Å². The van der Waals surface area contributed by atoms with E-state index in [2.05, 4.69) is 32.9 Å². The van der Waals surface area contributed by atoms with Crippen molar-refractivity contribution in [2.75, 3.05) is 12.4 Å². The molecule has 2 rings (SSSR count). The molecule has 88 valence electrons. The maximum atomic E-state index is 5.72. The molecule has 1 aromatic heterocycles. The molecule has 17 heavy (non-hydrogen) atoms. The normalized spacial score (nSPS) is 10.0. The van der Waals surface area contributed by atoms with Gasteiger partial charge in [-0.2, -0.15) is 0 Å². The number of para-hydroxylation sites is 1. The second-order valence-corrected chi connectivity index (χ2v) is 4.67. The molecule has 0 radical (unpaired) electrons. The SMILES string of the molecule is CNc1ccnc(COc2ccccc2I)c1. The highest BCUT2D eigenvalue weighted by Gasteiger charge is 2.01. The number of hydrogen-bond donors (Lipinski definition) is 1. The molecule has 0 aliphatic heterocycles. The molecule has 2 aromatic rings. The monoisotopic (exact) mass is 340 g/mol. The third kappa shape index (κ3) is 3.33. The molecule has 0 spiro atoms. The van der Waals surface area contributed by atoms with E-state index < -0.39 is 0 Å². The molecule has 0 unspecified atom stereocenters. The number of ether oxygens (including phenoxy) is 1. The number of rotatable bonds is 4. The van der Waals surface area contributed by atoms with E-state index in [4.69, 9.17) is 4.74 Å². The number of nitrogens with zero attached hydrogens (tertiary/aromatic N) is 1. The van der Waals surface area contributed by atoms with E-state index in [1.807, 2.05) is 43.4 Å². The van der Waals surface area contributed by atoms with Gasteiger partial charge in [-0.25, -0.2) is 0 Å². The highest BCUT2D eigenvalue weighted by atomic mass is 127. The van der Waals surface area contributed by atoms with Gasteiger partial charge in [0.2, 0.25) is 0 Å². The average molecular weight is 340 g/mol. The van der Waals surface area contributed by atoms with Crippen molar-refractivity contribution in [3.05, 3.63) is 51.9 Å². The number of benzene rings is 1. The summed E-state index contributed by atoms with van der Waals surface area (Å²) in [6, 6.07) is 11.9. The lowest BCUT2D eigenvalue weighted by atomic mass is 10.3. The van der Waals surface area contributed by atoms with E-state index in [-0.39, 0.29) is 0 Å². The topological polar surface area (TPSA) is 34.2 Å². The zero-order valence-corrected chi connectivity index (χ0v) is 11.6. The molecule has 0 fully saturated rings. The summed E-state index contributed by atoms with van der Waals surface area (Å²) in [6.45, 7) is 0.482.